The number of fused-ring (bicyclic) bond motifs is 1. The number of imidazole rings is 1. The number of Topliss-reactive ketones (excluding diaryl/α,β-unsaturated/α-hetero) is 2. The Morgan fingerprint density at radius 3 is 2.30 bits per heavy atom. The first-order valence-electron chi connectivity index (χ1n) is 7.53. The van der Waals surface area contributed by atoms with Gasteiger partial charge in [-0.1, -0.05) is 39.5 Å². The summed E-state index contributed by atoms with van der Waals surface area (Å²) in [6.07, 6.45) is 5.24. The first kappa shape index (κ1) is 14.8. The monoisotopic (exact) mass is 277 g/mol. The van der Waals surface area contributed by atoms with Crippen LogP contribution < -0.4 is 5.73 Å². The Hall–Kier alpha value is -1.65. The van der Waals surface area contributed by atoms with E-state index >= 15 is 0 Å². The van der Waals surface area contributed by atoms with Crippen LogP contribution in [0.1, 0.15) is 74.5 Å². The Morgan fingerprint density at radius 2 is 1.70 bits per heavy atom. The number of aromatic nitrogens is 2. The molecule has 1 aromatic rings. The second kappa shape index (κ2) is 6.20. The maximum atomic E-state index is 12.6. The normalized spacial score (nSPS) is 22.1. The molecule has 0 amide bonds. The van der Waals surface area contributed by atoms with Crippen LogP contribution in [0.3, 0.4) is 0 Å². The highest BCUT2D eigenvalue weighted by molar-refractivity contribution is 6.15. The van der Waals surface area contributed by atoms with Crippen LogP contribution in [0.4, 0.5) is 5.95 Å². The number of nitrogens with one attached hydrogen (secondary N) is 1. The lowest BCUT2D eigenvalue weighted by atomic mass is 9.76. The fourth-order valence-corrected chi connectivity index (χ4v) is 2.90. The molecule has 5 nitrogen and oxygen atoms in total. The molecule has 1 heterocycles. The minimum absolute atomic E-state index is 0.0491. The van der Waals surface area contributed by atoms with Gasteiger partial charge in [-0.15, -0.1) is 0 Å². The molecule has 1 aliphatic carbocycles. The van der Waals surface area contributed by atoms with Crippen molar-refractivity contribution in [2.45, 2.75) is 58.3 Å². The number of nitrogen functional groups attached to an aromatic ring is 1. The molecule has 0 bridgehead atoms. The van der Waals surface area contributed by atoms with Crippen LogP contribution in [-0.2, 0) is 4.79 Å². The molecule has 2 unspecified atom stereocenters. The quantitative estimate of drug-likeness (QED) is 0.782. The summed E-state index contributed by atoms with van der Waals surface area (Å²) in [7, 11) is 0. The number of carbonyl (C=O) groups is 2. The van der Waals surface area contributed by atoms with E-state index in [-0.39, 0.29) is 23.4 Å². The van der Waals surface area contributed by atoms with E-state index in [0.29, 0.717) is 17.8 Å². The zero-order valence-electron chi connectivity index (χ0n) is 12.2. The number of unbranched alkanes of at least 4 members (excludes halogenated alkanes) is 2. The second-order valence-corrected chi connectivity index (χ2v) is 5.54. The Bertz CT molecular complexity index is 507. The Morgan fingerprint density at radius 1 is 1.10 bits per heavy atom. The van der Waals surface area contributed by atoms with Gasteiger partial charge in [0, 0.05) is 0 Å². The molecular formula is C15H23N3O2. The van der Waals surface area contributed by atoms with Crippen LogP contribution in [0.15, 0.2) is 0 Å². The van der Waals surface area contributed by atoms with Crippen molar-refractivity contribution in [3.05, 3.63) is 11.4 Å². The Balaban J connectivity index is 2.33. The number of hydrogen-bond acceptors (Lipinski definition) is 4. The molecule has 2 rings (SSSR count). The number of aromatic amines is 1. The number of nitrogens with two attached hydrogens (primary N) is 1. The minimum atomic E-state index is -0.521. The van der Waals surface area contributed by atoms with E-state index in [9.17, 15) is 9.59 Å². The van der Waals surface area contributed by atoms with Gasteiger partial charge in [0.05, 0.1) is 17.5 Å². The van der Waals surface area contributed by atoms with Crippen molar-refractivity contribution < 1.29 is 9.59 Å². The maximum Gasteiger partial charge on any atom is 0.198 e. The zero-order valence-corrected chi connectivity index (χ0v) is 12.2. The zero-order chi connectivity index (χ0) is 14.7. The number of ketones is 2. The third kappa shape index (κ3) is 2.62. The molecule has 0 spiro atoms. The lowest BCUT2D eigenvalue weighted by molar-refractivity contribution is -0.123. The summed E-state index contributed by atoms with van der Waals surface area (Å²) in [5.74, 6) is -0.637. The van der Waals surface area contributed by atoms with Gasteiger partial charge in [-0.3, -0.25) is 9.59 Å². The van der Waals surface area contributed by atoms with Crippen molar-refractivity contribution >= 4 is 17.5 Å². The summed E-state index contributed by atoms with van der Waals surface area (Å²) in [4.78, 5) is 32.0. The molecule has 3 N–H and O–H groups in total. The van der Waals surface area contributed by atoms with Crippen molar-refractivity contribution in [2.24, 2.45) is 5.92 Å². The number of rotatable bonds is 6. The van der Waals surface area contributed by atoms with Gasteiger partial charge in [-0.25, -0.2) is 4.98 Å². The van der Waals surface area contributed by atoms with Crippen molar-refractivity contribution in [1.82, 2.24) is 9.97 Å². The molecule has 5 heteroatoms. The maximum absolute atomic E-state index is 12.6. The topological polar surface area (TPSA) is 88.8 Å². The van der Waals surface area contributed by atoms with Crippen LogP contribution in [0.25, 0.3) is 0 Å². The molecule has 20 heavy (non-hydrogen) atoms. The molecule has 0 radical (unpaired) electrons. The number of nitrogens with zero attached hydrogens (tertiary/aromatic N) is 1. The van der Waals surface area contributed by atoms with Gasteiger partial charge >= 0.3 is 0 Å². The summed E-state index contributed by atoms with van der Waals surface area (Å²) in [6, 6.07) is 0. The standard InChI is InChI=1S/C15H23N3O2/c1-3-5-7-9-11-12(18-15(16)17-11)14(20)10(13(9)19)8-6-4-2/h9-10H,3-8H2,1-2H3,(H3,16,17,18). The molecule has 0 fully saturated rings. The number of hydrogen-bond donors (Lipinski definition) is 2. The largest absolute Gasteiger partial charge is 0.369 e. The van der Waals surface area contributed by atoms with E-state index in [1.165, 1.54) is 0 Å². The average molecular weight is 277 g/mol. The highest BCUT2D eigenvalue weighted by Crippen LogP contribution is 2.36. The third-order valence-electron chi connectivity index (χ3n) is 4.03. The highest BCUT2D eigenvalue weighted by Gasteiger charge is 2.42. The molecule has 0 aromatic carbocycles. The minimum Gasteiger partial charge on any atom is -0.369 e. The van der Waals surface area contributed by atoms with E-state index in [0.717, 1.165) is 32.1 Å². The van der Waals surface area contributed by atoms with Crippen molar-refractivity contribution in [2.75, 3.05) is 5.73 Å². The van der Waals surface area contributed by atoms with Gasteiger partial charge in [-0.2, -0.15) is 0 Å². The van der Waals surface area contributed by atoms with Gasteiger partial charge in [0.2, 0.25) is 0 Å². The fourth-order valence-electron chi connectivity index (χ4n) is 2.90. The summed E-state index contributed by atoms with van der Waals surface area (Å²) < 4.78 is 0. The molecule has 1 aliphatic rings. The van der Waals surface area contributed by atoms with Gasteiger partial charge in [0.25, 0.3) is 0 Å². The molecule has 110 valence electrons. The average Bonchev–Trinajstić information content (AvgIpc) is 2.81. The molecule has 0 saturated heterocycles. The molecule has 2 atom stereocenters. The van der Waals surface area contributed by atoms with Crippen LogP contribution in [0.2, 0.25) is 0 Å². The van der Waals surface area contributed by atoms with E-state index in [1.807, 2.05) is 0 Å². The number of anilines is 1. The Labute approximate surface area is 119 Å². The van der Waals surface area contributed by atoms with Crippen LogP contribution in [-0.4, -0.2) is 21.5 Å². The highest BCUT2D eigenvalue weighted by atomic mass is 16.2. The lowest BCUT2D eigenvalue weighted by Crippen LogP contribution is -2.35. The van der Waals surface area contributed by atoms with Gasteiger partial charge in [0.1, 0.15) is 5.69 Å². The summed E-state index contributed by atoms with van der Waals surface area (Å²) >= 11 is 0. The van der Waals surface area contributed by atoms with Crippen LogP contribution in [0.5, 0.6) is 0 Å². The van der Waals surface area contributed by atoms with Crippen molar-refractivity contribution in [3.8, 4) is 0 Å². The summed E-state index contributed by atoms with van der Waals surface area (Å²) in [5.41, 5.74) is 6.70. The first-order valence-corrected chi connectivity index (χ1v) is 7.53. The Kier molecular flexibility index (Phi) is 4.57. The predicted octanol–water partition coefficient (Wildman–Crippen LogP) is 2.84. The fraction of sp³-hybridized carbons (Fsp3) is 0.667. The van der Waals surface area contributed by atoms with E-state index in [1.54, 1.807) is 0 Å². The molecule has 0 aliphatic heterocycles. The lowest BCUT2D eigenvalue weighted by Gasteiger charge is -2.26. The molecule has 0 saturated carbocycles. The second-order valence-electron chi connectivity index (χ2n) is 5.54. The van der Waals surface area contributed by atoms with Crippen LogP contribution in [0, 0.1) is 5.92 Å². The number of carbonyl (C=O) groups excluding carboxylic acids is 2. The van der Waals surface area contributed by atoms with Gasteiger partial charge < -0.3 is 10.7 Å². The smallest absolute Gasteiger partial charge is 0.198 e. The van der Waals surface area contributed by atoms with E-state index in [2.05, 4.69) is 23.8 Å². The first-order chi connectivity index (χ1) is 9.60. The summed E-state index contributed by atoms with van der Waals surface area (Å²) in [5, 5.41) is 0. The molecule has 1 aromatic heterocycles. The van der Waals surface area contributed by atoms with Crippen molar-refractivity contribution in [1.29, 1.82) is 0 Å². The van der Waals surface area contributed by atoms with Gasteiger partial charge in [0.15, 0.2) is 17.5 Å². The van der Waals surface area contributed by atoms with E-state index < -0.39 is 5.92 Å². The predicted molar refractivity (Wildman–Crippen MR) is 77.6 cm³/mol. The summed E-state index contributed by atoms with van der Waals surface area (Å²) in [6.45, 7) is 4.15. The van der Waals surface area contributed by atoms with Crippen molar-refractivity contribution in [3.63, 3.8) is 0 Å². The molecular weight excluding hydrogens is 254 g/mol. The number of H-pyrrole nitrogens is 1. The van der Waals surface area contributed by atoms with Gasteiger partial charge in [-0.05, 0) is 12.8 Å². The third-order valence-corrected chi connectivity index (χ3v) is 4.03. The van der Waals surface area contributed by atoms with Crippen LogP contribution >= 0.6 is 0 Å². The SMILES string of the molecule is CCCCC1C(=O)c2nc(N)[nH]c2C(CCCC)C1=O. The van der Waals surface area contributed by atoms with E-state index in [4.69, 9.17) is 5.73 Å².